The van der Waals surface area contributed by atoms with Gasteiger partial charge in [0.15, 0.2) is 0 Å². The average Bonchev–Trinajstić information content (AvgIpc) is 3.47. The second-order valence-corrected chi connectivity index (χ2v) is 17.7. The Kier molecular flexibility index (Phi) is 9.80. The molecule has 3 aromatic carbocycles. The first kappa shape index (κ1) is 31.4. The van der Waals surface area contributed by atoms with Gasteiger partial charge in [0.25, 0.3) is 0 Å². The number of hydrogen-bond donors (Lipinski definition) is 0. The van der Waals surface area contributed by atoms with Crippen LogP contribution >= 0.6 is 0 Å². The van der Waals surface area contributed by atoms with E-state index in [1.807, 2.05) is 118 Å². The minimum atomic E-state index is -1.23. The molecule has 47 heavy (non-hydrogen) atoms. The van der Waals surface area contributed by atoms with E-state index in [9.17, 15) is 0 Å². The number of pyridine rings is 3. The maximum absolute atomic E-state index is 8.94. The van der Waals surface area contributed by atoms with Crippen LogP contribution in [0.4, 0.5) is 0 Å². The summed E-state index contributed by atoms with van der Waals surface area (Å²) in [6.45, 7) is 12.5. The van der Waals surface area contributed by atoms with Gasteiger partial charge in [-0.1, -0.05) is 105 Å². The topological polar surface area (TPSA) is 51.8 Å². The van der Waals surface area contributed by atoms with Crippen LogP contribution in [0.15, 0.2) is 120 Å². The molecular weight excluding hydrogens is 771 g/mol. The first-order valence-corrected chi connectivity index (χ1v) is 19.0. The summed E-state index contributed by atoms with van der Waals surface area (Å²) in [6.07, 6.45) is 3.74. The normalized spacial score (nSPS) is 13.5. The summed E-state index contributed by atoms with van der Waals surface area (Å²) in [5.74, 6) is -1.73. The van der Waals surface area contributed by atoms with Crippen LogP contribution in [-0.2, 0) is 20.1 Å². The maximum Gasteiger partial charge on any atom is 0.216 e. The molecule has 0 aliphatic heterocycles. The minimum Gasteiger partial charge on any atom is -0.486 e. The minimum absolute atomic E-state index is 0. The first-order valence-electron chi connectivity index (χ1n) is 16.5. The molecule has 4 heterocycles. The van der Waals surface area contributed by atoms with Crippen molar-refractivity contribution in [1.82, 2.24) is 15.0 Å². The van der Waals surface area contributed by atoms with E-state index in [-0.39, 0.29) is 20.1 Å². The number of nitrogens with zero attached hydrogens (tertiary/aromatic N) is 3. The van der Waals surface area contributed by atoms with Crippen molar-refractivity contribution in [2.45, 2.75) is 52.2 Å². The van der Waals surface area contributed by atoms with Crippen LogP contribution in [-0.4, -0.2) is 23.0 Å². The third-order valence-electron chi connectivity index (χ3n) is 8.10. The molecule has 0 N–H and O–H groups in total. The summed E-state index contributed by atoms with van der Waals surface area (Å²) in [5.41, 5.74) is 7.03. The van der Waals surface area contributed by atoms with Gasteiger partial charge < -0.3 is 14.4 Å². The van der Waals surface area contributed by atoms with Gasteiger partial charge in [0.2, 0.25) is 5.71 Å². The Morgan fingerprint density at radius 1 is 0.745 bits per heavy atom. The summed E-state index contributed by atoms with van der Waals surface area (Å²) >= 11 is 0. The fourth-order valence-corrected chi connectivity index (χ4v) is 6.32. The summed E-state index contributed by atoms with van der Waals surface area (Å²) in [7, 11) is -1.23. The van der Waals surface area contributed by atoms with E-state index < -0.39 is 19.9 Å². The summed E-state index contributed by atoms with van der Waals surface area (Å²) in [5, 5.41) is 3.21. The Bertz CT molecular complexity index is 2170. The Labute approximate surface area is 295 Å². The largest absolute Gasteiger partial charge is 0.486 e. The van der Waals surface area contributed by atoms with Crippen molar-refractivity contribution >= 4 is 35.3 Å². The fourth-order valence-electron chi connectivity index (χ4n) is 5.29. The van der Waals surface area contributed by atoms with E-state index in [0.717, 1.165) is 38.7 Å². The van der Waals surface area contributed by atoms with Gasteiger partial charge in [-0.05, 0) is 46.2 Å². The Morgan fingerprint density at radius 3 is 2.21 bits per heavy atom. The molecule has 1 radical (unpaired) electrons. The number of benzene rings is 3. The number of aromatic nitrogens is 3. The van der Waals surface area contributed by atoms with Gasteiger partial charge in [-0.2, -0.15) is 0 Å². The first-order chi connectivity index (χ1) is 22.8. The smallest absolute Gasteiger partial charge is 0.216 e. The van der Waals surface area contributed by atoms with E-state index in [0.29, 0.717) is 22.7 Å². The fraction of sp³-hybridized carbons (Fsp3) is 0.195. The number of hydrogen-bond acceptors (Lipinski definition) is 4. The predicted molar refractivity (Wildman–Crippen MR) is 193 cm³/mol. The quantitative estimate of drug-likeness (QED) is 0.124. The molecular formula is C41H39IrN3OSi-2. The van der Waals surface area contributed by atoms with Crippen LogP contribution in [0.5, 0.6) is 0 Å². The molecule has 239 valence electrons. The Morgan fingerprint density at radius 2 is 1.53 bits per heavy atom. The molecule has 1 atom stereocenters. The maximum atomic E-state index is 8.94. The van der Waals surface area contributed by atoms with Crippen molar-refractivity contribution in [3.8, 4) is 22.5 Å². The number of rotatable bonds is 6. The SMILES string of the molecule is C[Si](C)(C)c1ccc(-c2[c-]cccc2)nc1.[2H]C(C)(C)c1ccnc(-c2[c-]ccc3c2oc2nc(C([2H])(C)c4ccccc4)ccc23)c1.[Ir]. The van der Waals surface area contributed by atoms with E-state index in [4.69, 9.17) is 12.1 Å². The molecule has 0 fully saturated rings. The van der Waals surface area contributed by atoms with Gasteiger partial charge >= 0.3 is 0 Å². The molecule has 0 aliphatic rings. The molecule has 4 nitrogen and oxygen atoms in total. The second kappa shape index (κ2) is 14.7. The molecule has 0 amide bonds. The molecule has 1 unspecified atom stereocenters. The average molecular weight is 812 g/mol. The van der Waals surface area contributed by atoms with Crippen molar-refractivity contribution in [3.05, 3.63) is 144 Å². The van der Waals surface area contributed by atoms with E-state index in [2.05, 4.69) is 53.9 Å². The Balaban J connectivity index is 0.000000233. The van der Waals surface area contributed by atoms with Gasteiger partial charge in [-0.3, -0.25) is 0 Å². The molecule has 7 aromatic rings. The predicted octanol–water partition coefficient (Wildman–Crippen LogP) is 10.2. The monoisotopic (exact) mass is 812 g/mol. The van der Waals surface area contributed by atoms with Crippen molar-refractivity contribution in [2.24, 2.45) is 0 Å². The Hall–Kier alpha value is -4.22. The van der Waals surface area contributed by atoms with E-state index in [1.54, 1.807) is 6.20 Å². The van der Waals surface area contributed by atoms with Crippen LogP contribution < -0.4 is 5.19 Å². The van der Waals surface area contributed by atoms with E-state index >= 15 is 0 Å². The zero-order valence-electron chi connectivity index (χ0n) is 29.6. The molecule has 0 bridgehead atoms. The molecule has 0 spiro atoms. The summed E-state index contributed by atoms with van der Waals surface area (Å²) in [6, 6.07) is 39.9. The molecule has 0 aliphatic carbocycles. The van der Waals surface area contributed by atoms with E-state index in [1.165, 1.54) is 5.19 Å². The van der Waals surface area contributed by atoms with Crippen LogP contribution in [0, 0.1) is 12.1 Å². The number of fused-ring (bicyclic) bond motifs is 3. The van der Waals surface area contributed by atoms with Crippen LogP contribution in [0.1, 0.15) is 52.1 Å². The van der Waals surface area contributed by atoms with Crippen molar-refractivity contribution in [3.63, 3.8) is 0 Å². The van der Waals surface area contributed by atoms with Crippen LogP contribution in [0.2, 0.25) is 19.6 Å². The van der Waals surface area contributed by atoms with Crippen molar-refractivity contribution < 1.29 is 27.3 Å². The molecule has 0 saturated heterocycles. The summed E-state index contributed by atoms with van der Waals surface area (Å²) in [4.78, 5) is 13.8. The van der Waals surface area contributed by atoms with Gasteiger partial charge in [-0.25, -0.2) is 4.98 Å². The van der Waals surface area contributed by atoms with Crippen molar-refractivity contribution in [2.75, 3.05) is 0 Å². The molecule has 4 aromatic heterocycles. The molecule has 0 saturated carbocycles. The van der Waals surface area contributed by atoms with Crippen LogP contribution in [0.3, 0.4) is 0 Å². The standard InChI is InChI=1S/C27H23N2O.C14H16NSi.Ir/c1-17(2)20-14-15-28-25(16-20)23-11-7-10-21-22-12-13-24(29-27(22)30-26(21)23)18(3)19-8-5-4-6-9-19;1-16(2,3)13-9-10-14(15-11-13)12-7-5-4-6-8-12;/h4-10,12-18H,1-3H3;4-7,9-11H,1-3H3;/q2*-1;/i17D,18D;;. The molecule has 7 rings (SSSR count). The van der Waals surface area contributed by atoms with Gasteiger partial charge in [-0.15, -0.1) is 54.1 Å². The van der Waals surface area contributed by atoms with Crippen molar-refractivity contribution in [1.29, 1.82) is 0 Å². The van der Waals surface area contributed by atoms with Crippen LogP contribution in [0.25, 0.3) is 44.6 Å². The van der Waals surface area contributed by atoms with Gasteiger partial charge in [0.05, 0.1) is 19.4 Å². The third-order valence-corrected chi connectivity index (χ3v) is 10.1. The third kappa shape index (κ3) is 7.68. The number of furan rings is 1. The zero-order valence-corrected chi connectivity index (χ0v) is 30.9. The second-order valence-electron chi connectivity index (χ2n) is 12.6. The summed E-state index contributed by atoms with van der Waals surface area (Å²) < 4.78 is 23.5. The van der Waals surface area contributed by atoms with Gasteiger partial charge in [0, 0.05) is 46.5 Å². The zero-order chi connectivity index (χ0) is 34.1. The van der Waals surface area contributed by atoms with Gasteiger partial charge in [0.1, 0.15) is 0 Å². The molecule has 6 heteroatoms.